The van der Waals surface area contributed by atoms with E-state index in [1.165, 1.54) is 12.1 Å². The van der Waals surface area contributed by atoms with Gasteiger partial charge in [-0.05, 0) is 36.4 Å². The van der Waals surface area contributed by atoms with E-state index < -0.39 is 11.7 Å². The van der Waals surface area contributed by atoms with Gasteiger partial charge in [0.15, 0.2) is 0 Å². The maximum absolute atomic E-state index is 13.7. The van der Waals surface area contributed by atoms with Crippen LogP contribution in [-0.2, 0) is 0 Å². The minimum absolute atomic E-state index is 0.0663. The van der Waals surface area contributed by atoms with Crippen molar-refractivity contribution in [3.63, 3.8) is 0 Å². The van der Waals surface area contributed by atoms with E-state index in [-0.39, 0.29) is 11.3 Å². The molecule has 0 unspecified atom stereocenters. The van der Waals surface area contributed by atoms with Gasteiger partial charge in [-0.15, -0.1) is 0 Å². The number of nitrogens with zero attached hydrogens (tertiary/aromatic N) is 2. The first-order valence-electron chi connectivity index (χ1n) is 6.20. The first kappa shape index (κ1) is 13.0. The maximum Gasteiger partial charge on any atom is 0.258 e. The topological polar surface area (TPSA) is 80.9 Å². The Kier molecular flexibility index (Phi) is 3.19. The summed E-state index contributed by atoms with van der Waals surface area (Å²) in [5.74, 6) is -1.20. The molecular weight excluding hydrogens is 271 g/mol. The van der Waals surface area contributed by atoms with E-state index in [4.69, 9.17) is 5.73 Å². The molecule has 3 rings (SSSR count). The fourth-order valence-electron chi connectivity index (χ4n) is 1.95. The van der Waals surface area contributed by atoms with Gasteiger partial charge in [-0.1, -0.05) is 0 Å². The fraction of sp³-hybridized carbons (Fsp3) is 0. The lowest BCUT2D eigenvalue weighted by atomic mass is 10.1. The predicted octanol–water partition coefficient (Wildman–Crippen LogP) is 2.60. The molecule has 3 N–H and O–H groups in total. The van der Waals surface area contributed by atoms with Crippen molar-refractivity contribution in [1.29, 1.82) is 0 Å². The van der Waals surface area contributed by atoms with E-state index in [1.807, 2.05) is 0 Å². The average Bonchev–Trinajstić information content (AvgIpc) is 2.47. The molecule has 0 saturated carbocycles. The highest BCUT2D eigenvalue weighted by Crippen LogP contribution is 2.17. The Morgan fingerprint density at radius 2 is 1.81 bits per heavy atom. The zero-order valence-corrected chi connectivity index (χ0v) is 10.9. The van der Waals surface area contributed by atoms with Crippen molar-refractivity contribution in [2.45, 2.75) is 0 Å². The molecule has 0 bridgehead atoms. The highest BCUT2D eigenvalue weighted by atomic mass is 19.1. The highest BCUT2D eigenvalue weighted by Gasteiger charge is 2.12. The predicted molar refractivity (Wildman–Crippen MR) is 78.3 cm³/mol. The number of halogens is 1. The van der Waals surface area contributed by atoms with Gasteiger partial charge in [-0.25, -0.2) is 4.39 Å². The van der Waals surface area contributed by atoms with E-state index >= 15 is 0 Å². The number of nitrogens with one attached hydrogen (secondary N) is 1. The van der Waals surface area contributed by atoms with Crippen LogP contribution in [0.2, 0.25) is 0 Å². The number of nitrogen functional groups attached to an aromatic ring is 1. The smallest absolute Gasteiger partial charge is 0.258 e. The van der Waals surface area contributed by atoms with Gasteiger partial charge >= 0.3 is 0 Å². The van der Waals surface area contributed by atoms with Crippen molar-refractivity contribution < 1.29 is 9.18 Å². The number of amides is 1. The molecule has 104 valence electrons. The molecule has 0 saturated heterocycles. The Morgan fingerprint density at radius 1 is 1.05 bits per heavy atom. The van der Waals surface area contributed by atoms with Crippen molar-refractivity contribution in [3.8, 4) is 0 Å². The molecule has 5 nitrogen and oxygen atoms in total. The minimum Gasteiger partial charge on any atom is -0.399 e. The van der Waals surface area contributed by atoms with Crippen molar-refractivity contribution in [2.24, 2.45) is 0 Å². The van der Waals surface area contributed by atoms with Crippen LogP contribution in [0.3, 0.4) is 0 Å². The van der Waals surface area contributed by atoms with Crippen LogP contribution in [0.15, 0.2) is 48.8 Å². The SMILES string of the molecule is Nc1ccc(C(=O)Nc2ccc3nccnc3c2)c(F)c1. The second-order valence-electron chi connectivity index (χ2n) is 4.45. The van der Waals surface area contributed by atoms with E-state index in [0.29, 0.717) is 16.7 Å². The first-order valence-corrected chi connectivity index (χ1v) is 6.20. The van der Waals surface area contributed by atoms with Crippen LogP contribution in [0.25, 0.3) is 11.0 Å². The molecule has 0 aliphatic rings. The molecule has 1 aromatic heterocycles. The van der Waals surface area contributed by atoms with Gasteiger partial charge in [0.2, 0.25) is 0 Å². The number of carbonyl (C=O) groups is 1. The van der Waals surface area contributed by atoms with Crippen LogP contribution in [0.5, 0.6) is 0 Å². The minimum atomic E-state index is -0.659. The van der Waals surface area contributed by atoms with Crippen molar-refractivity contribution in [3.05, 3.63) is 60.2 Å². The Labute approximate surface area is 119 Å². The number of carbonyl (C=O) groups excluding carboxylic acids is 1. The second-order valence-corrected chi connectivity index (χ2v) is 4.45. The zero-order chi connectivity index (χ0) is 14.8. The molecule has 0 aliphatic heterocycles. The lowest BCUT2D eigenvalue weighted by molar-refractivity contribution is 0.102. The summed E-state index contributed by atoms with van der Waals surface area (Å²) in [7, 11) is 0. The first-order chi connectivity index (χ1) is 10.1. The van der Waals surface area contributed by atoms with Crippen LogP contribution in [0.1, 0.15) is 10.4 Å². The lowest BCUT2D eigenvalue weighted by Crippen LogP contribution is -2.14. The van der Waals surface area contributed by atoms with Crippen LogP contribution < -0.4 is 11.1 Å². The molecule has 0 atom stereocenters. The van der Waals surface area contributed by atoms with E-state index in [1.54, 1.807) is 30.6 Å². The number of fused-ring (bicyclic) bond motifs is 1. The Balaban J connectivity index is 1.89. The summed E-state index contributed by atoms with van der Waals surface area (Å²) < 4.78 is 13.7. The molecule has 0 fully saturated rings. The number of aromatic nitrogens is 2. The summed E-state index contributed by atoms with van der Waals surface area (Å²) in [6, 6.07) is 9.03. The monoisotopic (exact) mass is 282 g/mol. The third-order valence-corrected chi connectivity index (χ3v) is 2.96. The normalized spacial score (nSPS) is 10.5. The van der Waals surface area contributed by atoms with Gasteiger partial charge in [0.05, 0.1) is 16.6 Å². The van der Waals surface area contributed by atoms with Gasteiger partial charge in [-0.2, -0.15) is 0 Å². The molecule has 3 aromatic rings. The van der Waals surface area contributed by atoms with Crippen LogP contribution >= 0.6 is 0 Å². The molecule has 0 spiro atoms. The zero-order valence-electron chi connectivity index (χ0n) is 10.9. The number of hydrogen-bond acceptors (Lipinski definition) is 4. The fourth-order valence-corrected chi connectivity index (χ4v) is 1.95. The number of anilines is 2. The van der Waals surface area contributed by atoms with E-state index in [2.05, 4.69) is 15.3 Å². The summed E-state index contributed by atoms with van der Waals surface area (Å²) in [5, 5.41) is 2.62. The standard InChI is InChI=1S/C15H11FN4O/c16-12-7-9(17)1-3-11(12)15(21)20-10-2-4-13-14(8-10)19-6-5-18-13/h1-8H,17H2,(H,20,21). The second kappa shape index (κ2) is 5.16. The molecule has 21 heavy (non-hydrogen) atoms. The summed E-state index contributed by atoms with van der Waals surface area (Å²) >= 11 is 0. The van der Waals surface area contributed by atoms with E-state index in [0.717, 1.165) is 6.07 Å². The summed E-state index contributed by atoms with van der Waals surface area (Å²) in [5.41, 5.74) is 7.54. The van der Waals surface area contributed by atoms with Gasteiger partial charge in [-0.3, -0.25) is 14.8 Å². The quantitative estimate of drug-likeness (QED) is 0.708. The number of hydrogen-bond donors (Lipinski definition) is 2. The van der Waals surface area contributed by atoms with Gasteiger partial charge < -0.3 is 11.1 Å². The molecule has 1 heterocycles. The number of nitrogens with two attached hydrogens (primary N) is 1. The van der Waals surface area contributed by atoms with E-state index in [9.17, 15) is 9.18 Å². The average molecular weight is 282 g/mol. The molecular formula is C15H11FN4O. The third-order valence-electron chi connectivity index (χ3n) is 2.96. The molecule has 0 aliphatic carbocycles. The van der Waals surface area contributed by atoms with Crippen LogP contribution in [0, 0.1) is 5.82 Å². The summed E-state index contributed by atoms with van der Waals surface area (Å²) in [6.07, 6.45) is 3.15. The maximum atomic E-state index is 13.7. The highest BCUT2D eigenvalue weighted by molar-refractivity contribution is 6.05. The molecule has 6 heteroatoms. The number of benzene rings is 2. The van der Waals surface area contributed by atoms with Crippen LogP contribution in [0.4, 0.5) is 15.8 Å². The molecule has 0 radical (unpaired) electrons. The van der Waals surface area contributed by atoms with Gasteiger partial charge in [0.25, 0.3) is 5.91 Å². The van der Waals surface area contributed by atoms with Crippen molar-refractivity contribution >= 4 is 28.3 Å². The largest absolute Gasteiger partial charge is 0.399 e. The Bertz CT molecular complexity index is 835. The Hall–Kier alpha value is -3.02. The molecule has 2 aromatic carbocycles. The lowest BCUT2D eigenvalue weighted by Gasteiger charge is -2.07. The van der Waals surface area contributed by atoms with Gasteiger partial charge in [0.1, 0.15) is 5.82 Å². The van der Waals surface area contributed by atoms with Crippen molar-refractivity contribution in [1.82, 2.24) is 9.97 Å². The van der Waals surface area contributed by atoms with Gasteiger partial charge in [0, 0.05) is 23.8 Å². The Morgan fingerprint density at radius 3 is 2.57 bits per heavy atom. The summed E-state index contributed by atoms with van der Waals surface area (Å²) in [6.45, 7) is 0. The third kappa shape index (κ3) is 2.64. The number of rotatable bonds is 2. The van der Waals surface area contributed by atoms with Crippen molar-refractivity contribution in [2.75, 3.05) is 11.1 Å². The molecule has 1 amide bonds. The summed E-state index contributed by atoms with van der Waals surface area (Å²) in [4.78, 5) is 20.3. The van der Waals surface area contributed by atoms with Crippen LogP contribution in [-0.4, -0.2) is 15.9 Å².